The van der Waals surface area contributed by atoms with Gasteiger partial charge < -0.3 is 10.4 Å². The Kier molecular flexibility index (Phi) is 6.97. The molecule has 3 nitrogen and oxygen atoms in total. The number of aliphatic hydroxyl groups is 1. The molecule has 0 fully saturated rings. The second-order valence-corrected chi connectivity index (χ2v) is 6.30. The molecule has 0 spiro atoms. The number of aryl methyl sites for hydroxylation is 2. The maximum absolute atomic E-state index is 10.2. The van der Waals surface area contributed by atoms with E-state index in [2.05, 4.69) is 44.9 Å². The largest absolute Gasteiger partial charge is 0.392 e. The van der Waals surface area contributed by atoms with Crippen LogP contribution in [0.3, 0.4) is 0 Å². The van der Waals surface area contributed by atoms with E-state index in [9.17, 15) is 5.11 Å². The number of rotatable bonds is 8. The number of thiazole rings is 1. The van der Waals surface area contributed by atoms with Crippen molar-refractivity contribution in [1.82, 2.24) is 10.3 Å². The smallest absolute Gasteiger partial charge is 0.0928 e. The highest BCUT2D eigenvalue weighted by Gasteiger charge is 2.18. The van der Waals surface area contributed by atoms with E-state index in [0.29, 0.717) is 12.5 Å². The Hall–Kier alpha value is -0.450. The second kappa shape index (κ2) is 7.98. The zero-order valence-electron chi connectivity index (χ0n) is 12.9. The van der Waals surface area contributed by atoms with Crippen molar-refractivity contribution >= 4 is 11.3 Å². The molecule has 1 aromatic heterocycles. The Morgan fingerprint density at radius 1 is 1.26 bits per heavy atom. The first-order valence-electron chi connectivity index (χ1n) is 7.40. The molecule has 0 radical (unpaired) electrons. The van der Waals surface area contributed by atoms with E-state index >= 15 is 0 Å². The van der Waals surface area contributed by atoms with Crippen LogP contribution in [0.4, 0.5) is 0 Å². The van der Waals surface area contributed by atoms with E-state index in [0.717, 1.165) is 25.0 Å². The first-order valence-corrected chi connectivity index (χ1v) is 8.22. The van der Waals surface area contributed by atoms with Gasteiger partial charge in [0, 0.05) is 17.5 Å². The molecule has 110 valence electrons. The van der Waals surface area contributed by atoms with Gasteiger partial charge in [-0.3, -0.25) is 0 Å². The molecule has 1 rings (SSSR count). The Labute approximate surface area is 121 Å². The van der Waals surface area contributed by atoms with Gasteiger partial charge in [0.15, 0.2) is 0 Å². The van der Waals surface area contributed by atoms with E-state index in [1.54, 1.807) is 11.3 Å². The Bertz CT molecular complexity index is 374. The molecule has 2 atom stereocenters. The Morgan fingerprint density at radius 3 is 2.37 bits per heavy atom. The van der Waals surface area contributed by atoms with Crippen LogP contribution in [0.15, 0.2) is 0 Å². The molecular weight excluding hydrogens is 256 g/mol. The average molecular weight is 284 g/mol. The van der Waals surface area contributed by atoms with Crippen LogP contribution in [0, 0.1) is 12.8 Å². The van der Waals surface area contributed by atoms with Gasteiger partial charge in [0.2, 0.25) is 0 Å². The number of nitrogens with zero attached hydrogens (tertiary/aromatic N) is 1. The molecule has 0 saturated carbocycles. The lowest BCUT2D eigenvalue weighted by molar-refractivity contribution is 0.0990. The highest BCUT2D eigenvalue weighted by atomic mass is 32.1. The molecule has 0 aliphatic rings. The highest BCUT2D eigenvalue weighted by molar-refractivity contribution is 7.11. The fourth-order valence-electron chi connectivity index (χ4n) is 2.41. The van der Waals surface area contributed by atoms with Gasteiger partial charge in [0.1, 0.15) is 0 Å². The van der Waals surface area contributed by atoms with E-state index < -0.39 is 0 Å². The molecule has 19 heavy (non-hydrogen) atoms. The van der Waals surface area contributed by atoms with Crippen molar-refractivity contribution in [2.24, 2.45) is 5.92 Å². The van der Waals surface area contributed by atoms with E-state index in [1.807, 2.05) is 0 Å². The summed E-state index contributed by atoms with van der Waals surface area (Å²) in [5.74, 6) is 0.397. The van der Waals surface area contributed by atoms with Gasteiger partial charge >= 0.3 is 0 Å². The Morgan fingerprint density at radius 2 is 1.89 bits per heavy atom. The van der Waals surface area contributed by atoms with Crippen LogP contribution in [-0.2, 0) is 6.42 Å². The Balaban J connectivity index is 2.54. The van der Waals surface area contributed by atoms with Crippen LogP contribution in [0.25, 0.3) is 0 Å². The maximum atomic E-state index is 10.2. The van der Waals surface area contributed by atoms with Crippen LogP contribution in [0.2, 0.25) is 0 Å². The zero-order chi connectivity index (χ0) is 14.4. The molecule has 0 bridgehead atoms. The van der Waals surface area contributed by atoms with Crippen LogP contribution in [0.1, 0.15) is 62.2 Å². The summed E-state index contributed by atoms with van der Waals surface area (Å²) in [6.07, 6.45) is 2.81. The number of aliphatic hydroxyl groups excluding tert-OH is 1. The summed E-state index contributed by atoms with van der Waals surface area (Å²) >= 11 is 1.78. The summed E-state index contributed by atoms with van der Waals surface area (Å²) in [7, 11) is 0. The lowest BCUT2D eigenvalue weighted by Crippen LogP contribution is -2.33. The third-order valence-electron chi connectivity index (χ3n) is 3.80. The van der Waals surface area contributed by atoms with Gasteiger partial charge in [0.25, 0.3) is 0 Å². The SMILES string of the molecule is CCc1nc(C)c(C(C)NCC(O)C(CC)CC)s1. The minimum absolute atomic E-state index is 0.253. The summed E-state index contributed by atoms with van der Waals surface area (Å²) in [4.78, 5) is 5.86. The van der Waals surface area contributed by atoms with Crippen molar-refractivity contribution in [3.63, 3.8) is 0 Å². The van der Waals surface area contributed by atoms with Crippen molar-refractivity contribution in [3.8, 4) is 0 Å². The lowest BCUT2D eigenvalue weighted by Gasteiger charge is -2.22. The van der Waals surface area contributed by atoms with Gasteiger partial charge in [-0.15, -0.1) is 11.3 Å². The summed E-state index contributed by atoms with van der Waals surface area (Å²) in [5, 5.41) is 14.8. The van der Waals surface area contributed by atoms with Crippen LogP contribution < -0.4 is 5.32 Å². The van der Waals surface area contributed by atoms with Crippen LogP contribution >= 0.6 is 11.3 Å². The fraction of sp³-hybridized carbons (Fsp3) is 0.800. The quantitative estimate of drug-likeness (QED) is 0.768. The minimum Gasteiger partial charge on any atom is -0.392 e. The molecule has 1 aromatic rings. The zero-order valence-corrected chi connectivity index (χ0v) is 13.7. The molecule has 0 aliphatic heterocycles. The molecular formula is C15H28N2OS. The van der Waals surface area contributed by atoms with Crippen molar-refractivity contribution in [2.45, 2.75) is 66.0 Å². The molecule has 0 amide bonds. The summed E-state index contributed by atoms with van der Waals surface area (Å²) in [5.41, 5.74) is 1.12. The monoisotopic (exact) mass is 284 g/mol. The second-order valence-electron chi connectivity index (χ2n) is 5.18. The standard InChI is InChI=1S/C15H28N2OS/c1-6-12(7-2)13(18)9-16-10(4)15-11(5)17-14(8-3)19-15/h10,12-13,16,18H,6-9H2,1-5H3. The first kappa shape index (κ1) is 16.6. The highest BCUT2D eigenvalue weighted by Crippen LogP contribution is 2.25. The molecule has 2 unspecified atom stereocenters. The third kappa shape index (κ3) is 4.55. The predicted molar refractivity (Wildman–Crippen MR) is 82.7 cm³/mol. The number of hydrogen-bond donors (Lipinski definition) is 2. The molecule has 0 aromatic carbocycles. The van der Waals surface area contributed by atoms with Gasteiger partial charge in [-0.05, 0) is 26.2 Å². The van der Waals surface area contributed by atoms with E-state index in [4.69, 9.17) is 0 Å². The molecule has 1 heterocycles. The fourth-order valence-corrected chi connectivity index (χ4v) is 3.44. The summed E-state index contributed by atoms with van der Waals surface area (Å²) in [6, 6.07) is 0.266. The van der Waals surface area contributed by atoms with Gasteiger partial charge in [0.05, 0.1) is 16.8 Å². The first-order chi connectivity index (χ1) is 9.03. The van der Waals surface area contributed by atoms with E-state index in [-0.39, 0.29) is 12.1 Å². The average Bonchev–Trinajstić information content (AvgIpc) is 2.78. The van der Waals surface area contributed by atoms with Crippen molar-refractivity contribution in [1.29, 1.82) is 0 Å². The summed E-state index contributed by atoms with van der Waals surface area (Å²) < 4.78 is 0. The van der Waals surface area contributed by atoms with Gasteiger partial charge in [-0.25, -0.2) is 4.98 Å². The normalized spacial score (nSPS) is 14.9. The number of aromatic nitrogens is 1. The van der Waals surface area contributed by atoms with Crippen molar-refractivity contribution < 1.29 is 5.11 Å². The molecule has 0 aliphatic carbocycles. The van der Waals surface area contributed by atoms with Crippen LogP contribution in [0.5, 0.6) is 0 Å². The van der Waals surface area contributed by atoms with Crippen molar-refractivity contribution in [2.75, 3.05) is 6.54 Å². The summed E-state index contributed by atoms with van der Waals surface area (Å²) in [6.45, 7) is 11.3. The van der Waals surface area contributed by atoms with E-state index in [1.165, 1.54) is 9.88 Å². The predicted octanol–water partition coefficient (Wildman–Crippen LogP) is 3.46. The minimum atomic E-state index is -0.253. The maximum Gasteiger partial charge on any atom is 0.0928 e. The number of hydrogen-bond acceptors (Lipinski definition) is 4. The lowest BCUT2D eigenvalue weighted by atomic mass is 9.96. The van der Waals surface area contributed by atoms with Gasteiger partial charge in [-0.2, -0.15) is 0 Å². The molecule has 2 N–H and O–H groups in total. The third-order valence-corrected chi connectivity index (χ3v) is 5.28. The molecule has 4 heteroatoms. The number of nitrogens with one attached hydrogen (secondary N) is 1. The van der Waals surface area contributed by atoms with Gasteiger partial charge in [-0.1, -0.05) is 33.6 Å². The van der Waals surface area contributed by atoms with Crippen LogP contribution in [-0.4, -0.2) is 22.7 Å². The topological polar surface area (TPSA) is 45.2 Å². The van der Waals surface area contributed by atoms with Crippen molar-refractivity contribution in [3.05, 3.63) is 15.6 Å². The molecule has 0 saturated heterocycles.